The molecule has 0 saturated carbocycles. The number of aromatic nitrogens is 3. The molecule has 0 radical (unpaired) electrons. The minimum absolute atomic E-state index is 0. The second-order valence-corrected chi connectivity index (χ2v) is 6.08. The fourth-order valence-corrected chi connectivity index (χ4v) is 2.33. The number of ether oxygens (including phenoxy) is 1. The van der Waals surface area contributed by atoms with Crippen LogP contribution in [0.2, 0.25) is 0 Å². The van der Waals surface area contributed by atoms with E-state index in [0.29, 0.717) is 12.5 Å². The lowest BCUT2D eigenvalue weighted by Crippen LogP contribution is -2.37. The molecule has 1 aromatic heterocycles. The van der Waals surface area contributed by atoms with Crippen molar-refractivity contribution in [1.82, 2.24) is 25.4 Å². The highest BCUT2D eigenvalue weighted by Crippen LogP contribution is 2.19. The van der Waals surface area contributed by atoms with Crippen molar-refractivity contribution >= 4 is 29.9 Å². The monoisotopic (exact) mass is 526 g/mol. The summed E-state index contributed by atoms with van der Waals surface area (Å²) < 4.78 is 43.1. The van der Waals surface area contributed by atoms with Gasteiger partial charge in [0.05, 0.1) is 6.54 Å². The Morgan fingerprint density at radius 2 is 1.79 bits per heavy atom. The third-order valence-electron chi connectivity index (χ3n) is 3.69. The van der Waals surface area contributed by atoms with Crippen molar-refractivity contribution in [2.75, 3.05) is 19.7 Å². The Morgan fingerprint density at radius 3 is 2.41 bits per heavy atom. The van der Waals surface area contributed by atoms with Crippen molar-refractivity contribution in [2.24, 2.45) is 4.99 Å². The number of nitrogens with zero attached hydrogens (tertiary/aromatic N) is 4. The summed E-state index contributed by atoms with van der Waals surface area (Å²) in [5.74, 6) is 0.882. The molecule has 0 aliphatic carbocycles. The van der Waals surface area contributed by atoms with Crippen LogP contribution in [0, 0.1) is 0 Å². The van der Waals surface area contributed by atoms with Crippen LogP contribution in [0.4, 0.5) is 13.2 Å². The predicted octanol–water partition coefficient (Wildman–Crippen LogP) is 3.37. The van der Waals surface area contributed by atoms with Crippen molar-refractivity contribution in [3.8, 4) is 5.75 Å². The van der Waals surface area contributed by atoms with Crippen molar-refractivity contribution in [1.29, 1.82) is 0 Å². The van der Waals surface area contributed by atoms with Gasteiger partial charge in [0.1, 0.15) is 18.4 Å². The first-order valence-electron chi connectivity index (χ1n) is 9.09. The second-order valence-electron chi connectivity index (χ2n) is 6.08. The van der Waals surface area contributed by atoms with Gasteiger partial charge in [-0.15, -0.1) is 34.2 Å². The minimum Gasteiger partial charge on any atom is -0.484 e. The summed E-state index contributed by atoms with van der Waals surface area (Å²) >= 11 is 0. The number of halogens is 4. The van der Waals surface area contributed by atoms with Crippen molar-refractivity contribution < 1.29 is 17.9 Å². The Balaban J connectivity index is 0.00000420. The summed E-state index contributed by atoms with van der Waals surface area (Å²) in [5, 5.41) is 14.0. The number of aryl methyl sites for hydroxylation is 1. The van der Waals surface area contributed by atoms with Crippen LogP contribution in [0.25, 0.3) is 0 Å². The molecular formula is C18H26F3IN6O. The van der Waals surface area contributed by atoms with E-state index in [1.807, 2.05) is 11.5 Å². The SMILES string of the molecule is CCNC(=NCc1ccc(OCC(F)(F)F)cc1)NCCCCn1cnnc1.I. The summed E-state index contributed by atoms with van der Waals surface area (Å²) in [6.45, 7) is 3.47. The Bertz CT molecular complexity index is 707. The predicted molar refractivity (Wildman–Crippen MR) is 115 cm³/mol. The van der Waals surface area contributed by atoms with E-state index in [4.69, 9.17) is 4.74 Å². The number of aliphatic imine (C=N–C) groups is 1. The molecule has 0 aliphatic rings. The van der Waals surface area contributed by atoms with Gasteiger partial charge in [0.2, 0.25) is 0 Å². The van der Waals surface area contributed by atoms with Gasteiger partial charge >= 0.3 is 6.18 Å². The van der Waals surface area contributed by atoms with E-state index in [-0.39, 0.29) is 29.7 Å². The lowest BCUT2D eigenvalue weighted by molar-refractivity contribution is -0.153. The van der Waals surface area contributed by atoms with Crippen LogP contribution < -0.4 is 15.4 Å². The van der Waals surface area contributed by atoms with E-state index < -0.39 is 12.8 Å². The van der Waals surface area contributed by atoms with Gasteiger partial charge in [0.25, 0.3) is 0 Å². The molecule has 29 heavy (non-hydrogen) atoms. The third-order valence-corrected chi connectivity index (χ3v) is 3.69. The zero-order valence-corrected chi connectivity index (χ0v) is 18.5. The first-order chi connectivity index (χ1) is 13.5. The van der Waals surface area contributed by atoms with Crippen molar-refractivity contribution in [3.05, 3.63) is 42.5 Å². The number of rotatable bonds is 10. The molecule has 0 bridgehead atoms. The van der Waals surface area contributed by atoms with E-state index in [2.05, 4.69) is 25.8 Å². The van der Waals surface area contributed by atoms with E-state index in [1.54, 1.807) is 24.8 Å². The van der Waals surface area contributed by atoms with Crippen molar-refractivity contribution in [2.45, 2.75) is 39.0 Å². The van der Waals surface area contributed by atoms with Crippen LogP contribution in [0.5, 0.6) is 5.75 Å². The van der Waals surface area contributed by atoms with Gasteiger partial charge in [0.15, 0.2) is 12.6 Å². The molecule has 0 amide bonds. The van der Waals surface area contributed by atoms with E-state index in [1.165, 1.54) is 12.1 Å². The van der Waals surface area contributed by atoms with E-state index in [9.17, 15) is 13.2 Å². The maximum Gasteiger partial charge on any atom is 0.422 e. The smallest absolute Gasteiger partial charge is 0.422 e. The molecule has 162 valence electrons. The number of guanidine groups is 1. The van der Waals surface area contributed by atoms with Crippen LogP contribution in [-0.4, -0.2) is 46.6 Å². The fourth-order valence-electron chi connectivity index (χ4n) is 2.33. The zero-order valence-electron chi connectivity index (χ0n) is 16.2. The minimum atomic E-state index is -4.34. The van der Waals surface area contributed by atoms with E-state index in [0.717, 1.165) is 38.0 Å². The van der Waals surface area contributed by atoms with Gasteiger partial charge in [-0.2, -0.15) is 13.2 Å². The highest BCUT2D eigenvalue weighted by Gasteiger charge is 2.28. The maximum absolute atomic E-state index is 12.2. The molecule has 2 N–H and O–H groups in total. The van der Waals surface area contributed by atoms with Gasteiger partial charge in [-0.25, -0.2) is 4.99 Å². The standard InChI is InChI=1S/C18H25F3N6O.HI/c1-2-22-17(23-9-3-4-10-27-13-25-26-14-27)24-11-15-5-7-16(8-6-15)28-12-18(19,20)21;/h5-8,13-14H,2-4,9-12H2,1H3,(H2,22,23,24);1H. The van der Waals surface area contributed by atoms with Gasteiger partial charge in [0, 0.05) is 19.6 Å². The van der Waals surface area contributed by atoms with Gasteiger partial charge in [-0.1, -0.05) is 12.1 Å². The second kappa shape index (κ2) is 13.2. The molecule has 0 atom stereocenters. The lowest BCUT2D eigenvalue weighted by atomic mass is 10.2. The average Bonchev–Trinajstić information content (AvgIpc) is 3.18. The molecule has 1 aromatic carbocycles. The number of nitrogens with one attached hydrogen (secondary N) is 2. The van der Waals surface area contributed by atoms with Gasteiger partial charge < -0.3 is 19.9 Å². The summed E-state index contributed by atoms with van der Waals surface area (Å²) in [6.07, 6.45) is 0.999. The largest absolute Gasteiger partial charge is 0.484 e. The zero-order chi connectivity index (χ0) is 20.2. The molecule has 2 rings (SSSR count). The van der Waals surface area contributed by atoms with Crippen LogP contribution in [0.15, 0.2) is 41.9 Å². The summed E-state index contributed by atoms with van der Waals surface area (Å²) in [7, 11) is 0. The molecule has 0 aliphatic heterocycles. The molecule has 11 heteroatoms. The molecular weight excluding hydrogens is 500 g/mol. The molecule has 0 unspecified atom stereocenters. The highest BCUT2D eigenvalue weighted by molar-refractivity contribution is 14.0. The molecule has 7 nitrogen and oxygen atoms in total. The quantitative estimate of drug-likeness (QED) is 0.215. The number of benzene rings is 1. The topological polar surface area (TPSA) is 76.4 Å². The Morgan fingerprint density at radius 1 is 1.10 bits per heavy atom. The molecule has 1 heterocycles. The van der Waals surface area contributed by atoms with Crippen LogP contribution in [0.3, 0.4) is 0 Å². The molecule has 0 fully saturated rings. The summed E-state index contributed by atoms with van der Waals surface area (Å²) in [6, 6.07) is 6.44. The van der Waals surface area contributed by atoms with E-state index >= 15 is 0 Å². The van der Waals surface area contributed by atoms with Crippen LogP contribution >= 0.6 is 24.0 Å². The molecule has 0 spiro atoms. The number of hydrogen-bond acceptors (Lipinski definition) is 4. The Labute approximate surface area is 185 Å². The molecule has 0 saturated heterocycles. The number of alkyl halides is 3. The van der Waals surface area contributed by atoms with Crippen LogP contribution in [-0.2, 0) is 13.1 Å². The average molecular weight is 526 g/mol. The Hall–Kier alpha value is -2.05. The Kier molecular flexibility index (Phi) is 11.4. The van der Waals surface area contributed by atoms with Crippen molar-refractivity contribution in [3.63, 3.8) is 0 Å². The summed E-state index contributed by atoms with van der Waals surface area (Å²) in [5.41, 5.74) is 0.879. The first kappa shape index (κ1) is 25.0. The number of unbranched alkanes of at least 4 members (excludes halogenated alkanes) is 1. The van der Waals surface area contributed by atoms with Crippen LogP contribution in [0.1, 0.15) is 25.3 Å². The highest BCUT2D eigenvalue weighted by atomic mass is 127. The number of hydrogen-bond donors (Lipinski definition) is 2. The molecule has 2 aromatic rings. The van der Waals surface area contributed by atoms with Gasteiger partial charge in [-0.05, 0) is 37.5 Å². The van der Waals surface area contributed by atoms with Gasteiger partial charge in [-0.3, -0.25) is 0 Å². The normalized spacial score (nSPS) is 11.7. The lowest BCUT2D eigenvalue weighted by Gasteiger charge is -2.12. The third kappa shape index (κ3) is 10.9. The maximum atomic E-state index is 12.2. The fraction of sp³-hybridized carbons (Fsp3) is 0.500. The summed E-state index contributed by atoms with van der Waals surface area (Å²) in [4.78, 5) is 4.49. The first-order valence-corrected chi connectivity index (χ1v) is 9.09.